The second kappa shape index (κ2) is 14.7. The monoisotopic (exact) mass is 685 g/mol. The van der Waals surface area contributed by atoms with E-state index in [1.165, 1.54) is 0 Å². The van der Waals surface area contributed by atoms with Crippen molar-refractivity contribution >= 4 is 42.2 Å². The minimum Gasteiger partial charge on any atom is -0.458 e. The molecule has 2 aliphatic rings. The molecule has 3 heterocycles. The summed E-state index contributed by atoms with van der Waals surface area (Å²) < 4.78 is 11.6. The van der Waals surface area contributed by atoms with Crippen molar-refractivity contribution < 1.29 is 19.1 Å². The molecule has 2 fully saturated rings. The van der Waals surface area contributed by atoms with Gasteiger partial charge >= 0.3 is 11.9 Å². The molecule has 0 aliphatic carbocycles. The van der Waals surface area contributed by atoms with Crippen LogP contribution in [0.3, 0.4) is 0 Å². The Balaban J connectivity index is 1.78. The highest BCUT2D eigenvalue weighted by Gasteiger charge is 2.41. The molecule has 0 spiro atoms. The lowest BCUT2D eigenvalue weighted by Crippen LogP contribution is -2.59. The summed E-state index contributed by atoms with van der Waals surface area (Å²) in [6, 6.07) is 0. The Morgan fingerprint density at radius 1 is 0.735 bits per heavy atom. The first kappa shape index (κ1) is 40.4. The maximum Gasteiger partial charge on any atom is 0.349 e. The smallest absolute Gasteiger partial charge is 0.349 e. The van der Waals surface area contributed by atoms with Gasteiger partial charge in [0.25, 0.3) is 11.9 Å². The number of anilines is 1. The van der Waals surface area contributed by atoms with Crippen molar-refractivity contribution in [1.82, 2.24) is 25.6 Å². The zero-order valence-corrected chi connectivity index (χ0v) is 32.9. The third-order valence-corrected chi connectivity index (χ3v) is 8.98. The van der Waals surface area contributed by atoms with Crippen molar-refractivity contribution in [3.63, 3.8) is 0 Å². The molecule has 12 nitrogen and oxygen atoms in total. The molecule has 2 saturated heterocycles. The molecule has 2 atom stereocenters. The molecular weight excluding hydrogens is 620 g/mol. The fourth-order valence-corrected chi connectivity index (χ4v) is 8.50. The van der Waals surface area contributed by atoms with Crippen molar-refractivity contribution in [3.8, 4) is 0 Å². The Bertz CT molecular complexity index is 1270. The molecule has 0 radical (unpaired) electrons. The minimum atomic E-state index is -0.587. The Hall–Kier alpha value is -2.99. The molecule has 0 aromatic carbocycles. The summed E-state index contributed by atoms with van der Waals surface area (Å²) in [5, 5.41) is 10.7. The third kappa shape index (κ3) is 13.7. The first-order valence-electron chi connectivity index (χ1n) is 17.7. The van der Waals surface area contributed by atoms with Gasteiger partial charge in [0.2, 0.25) is 5.95 Å². The number of esters is 2. The molecule has 276 valence electrons. The quantitative estimate of drug-likeness (QED) is 0.166. The van der Waals surface area contributed by atoms with Gasteiger partial charge in [-0.15, -0.1) is 0 Å². The Morgan fingerprint density at radius 2 is 1.08 bits per heavy atom. The Morgan fingerprint density at radius 3 is 1.41 bits per heavy atom. The average molecular weight is 685 g/mol. The number of nitrogens with zero attached hydrogens (tertiary/aromatic N) is 5. The van der Waals surface area contributed by atoms with E-state index < -0.39 is 17.5 Å². The number of carbonyl (C=O) groups excluding carboxylic acids is 2. The number of aromatic nitrogens is 3. The van der Waals surface area contributed by atoms with Crippen LogP contribution >= 0.6 is 0 Å². The first-order chi connectivity index (χ1) is 22.1. The lowest BCUT2D eigenvalue weighted by Gasteiger charge is -2.47. The van der Waals surface area contributed by atoms with Crippen LogP contribution in [0.25, 0.3) is 0 Å². The molecule has 49 heavy (non-hydrogen) atoms. The van der Waals surface area contributed by atoms with Crippen LogP contribution in [0, 0.1) is 17.3 Å². The molecule has 12 heteroatoms. The molecule has 2 unspecified atom stereocenters. The third-order valence-electron chi connectivity index (χ3n) is 8.98. The molecular formula is C37H64N8O4. The van der Waals surface area contributed by atoms with E-state index in [9.17, 15) is 9.59 Å². The van der Waals surface area contributed by atoms with E-state index in [0.29, 0.717) is 0 Å². The normalized spacial score (nSPS) is 22.5. The van der Waals surface area contributed by atoms with E-state index in [2.05, 4.69) is 131 Å². The van der Waals surface area contributed by atoms with Crippen molar-refractivity contribution in [2.75, 3.05) is 5.32 Å². The fraction of sp³-hybridized carbons (Fsp3) is 0.811. The lowest BCUT2D eigenvalue weighted by molar-refractivity contribution is -0.144. The predicted octanol–water partition coefficient (Wildman–Crippen LogP) is 6.88. The molecule has 0 bridgehead atoms. The number of hydrogen-bond acceptors (Lipinski definition) is 12. The van der Waals surface area contributed by atoms with E-state index in [1.807, 2.05) is 13.8 Å². The van der Waals surface area contributed by atoms with Crippen LogP contribution in [0.15, 0.2) is 9.98 Å². The Labute approximate surface area is 294 Å². The molecule has 0 saturated carbocycles. The van der Waals surface area contributed by atoms with Crippen LogP contribution in [0.1, 0.15) is 136 Å². The van der Waals surface area contributed by atoms with Gasteiger partial charge in [0, 0.05) is 27.7 Å². The second-order valence-electron chi connectivity index (χ2n) is 18.9. The largest absolute Gasteiger partial charge is 0.458 e. The fourth-order valence-electron chi connectivity index (χ4n) is 8.50. The SMILES string of the molecule is CC(OC(=O)C=Nc1nc(N=CC(=O)OC(C)C2CC(C)(C)NC(C)(C)C2)nc(NC(C)(C)CC(C)(C)C)n1)C1CC(C)(C)NC(C)(C)C1. The van der Waals surface area contributed by atoms with Gasteiger partial charge in [0.05, 0.1) is 0 Å². The Kier molecular flexibility index (Phi) is 12.1. The highest BCUT2D eigenvalue weighted by molar-refractivity contribution is 6.24. The summed E-state index contributed by atoms with van der Waals surface area (Å²) in [5.41, 5.74) is -0.643. The predicted molar refractivity (Wildman–Crippen MR) is 197 cm³/mol. The number of aliphatic imine (C=N–C) groups is 2. The van der Waals surface area contributed by atoms with Gasteiger partial charge in [-0.3, -0.25) is 0 Å². The standard InChI is InChI=1S/C37H64N8O4/c1-23(25-16-33(6,7)44-34(8,9)17-25)48-27(46)20-38-29-40-30(42-31(41-29)43-37(14,15)22-32(3,4)5)39-21-28(47)49-24(2)26-18-35(10,11)45-36(12,13)19-26/h20-21,23-26,44-45H,16-19,22H2,1-15H3,(H,40,41,42,43). The van der Waals surface area contributed by atoms with Gasteiger partial charge in [-0.1, -0.05) is 20.8 Å². The number of nitrogens with one attached hydrogen (secondary N) is 3. The average Bonchev–Trinajstić information content (AvgIpc) is 2.85. The highest BCUT2D eigenvalue weighted by Crippen LogP contribution is 2.37. The highest BCUT2D eigenvalue weighted by atomic mass is 16.5. The molecule has 1 aromatic rings. The number of hydrogen-bond donors (Lipinski definition) is 3. The van der Waals surface area contributed by atoms with E-state index in [4.69, 9.17) is 9.47 Å². The van der Waals surface area contributed by atoms with Crippen molar-refractivity contribution in [3.05, 3.63) is 0 Å². The van der Waals surface area contributed by atoms with Gasteiger partial charge in [0.1, 0.15) is 24.6 Å². The van der Waals surface area contributed by atoms with Crippen molar-refractivity contribution in [1.29, 1.82) is 0 Å². The number of rotatable bonds is 11. The molecule has 2 aliphatic heterocycles. The van der Waals surface area contributed by atoms with Crippen LogP contribution < -0.4 is 16.0 Å². The first-order valence-corrected chi connectivity index (χ1v) is 17.7. The summed E-state index contributed by atoms with van der Waals surface area (Å²) in [6.45, 7) is 31.8. The number of carbonyl (C=O) groups is 2. The summed E-state index contributed by atoms with van der Waals surface area (Å²) in [4.78, 5) is 47.5. The summed E-state index contributed by atoms with van der Waals surface area (Å²) >= 11 is 0. The van der Waals surface area contributed by atoms with E-state index >= 15 is 0 Å². The maximum absolute atomic E-state index is 12.9. The second-order valence-corrected chi connectivity index (χ2v) is 18.9. The van der Waals surface area contributed by atoms with Gasteiger partial charge in [-0.25, -0.2) is 19.6 Å². The molecule has 0 amide bonds. The van der Waals surface area contributed by atoms with Crippen LogP contribution in [0.5, 0.6) is 0 Å². The number of piperidine rings is 2. The van der Waals surface area contributed by atoms with Gasteiger partial charge < -0.3 is 25.4 Å². The van der Waals surface area contributed by atoms with Crippen LogP contribution in [-0.2, 0) is 19.1 Å². The van der Waals surface area contributed by atoms with E-state index in [-0.39, 0.29) is 69.5 Å². The van der Waals surface area contributed by atoms with Gasteiger partial charge in [-0.2, -0.15) is 15.0 Å². The zero-order valence-electron chi connectivity index (χ0n) is 32.9. The van der Waals surface area contributed by atoms with Crippen molar-refractivity contribution in [2.24, 2.45) is 27.2 Å². The number of ether oxygens (including phenoxy) is 2. The van der Waals surface area contributed by atoms with Crippen LogP contribution in [0.2, 0.25) is 0 Å². The van der Waals surface area contributed by atoms with Crippen LogP contribution in [0.4, 0.5) is 17.8 Å². The van der Waals surface area contributed by atoms with E-state index in [1.54, 1.807) is 0 Å². The molecule has 1 aromatic heterocycles. The summed E-state index contributed by atoms with van der Waals surface area (Å²) in [6.07, 6.45) is 5.89. The van der Waals surface area contributed by atoms with Gasteiger partial charge in [0.15, 0.2) is 0 Å². The zero-order chi connectivity index (χ0) is 37.2. The molecule has 3 N–H and O–H groups in total. The molecule has 3 rings (SSSR count). The van der Waals surface area contributed by atoms with Gasteiger partial charge in [-0.05, 0) is 132 Å². The van der Waals surface area contributed by atoms with Crippen molar-refractivity contribution in [2.45, 2.75) is 176 Å². The lowest BCUT2D eigenvalue weighted by atomic mass is 9.74. The maximum atomic E-state index is 12.9. The van der Waals surface area contributed by atoms with Crippen LogP contribution in [-0.4, -0.2) is 79.2 Å². The minimum absolute atomic E-state index is 0.0318. The summed E-state index contributed by atoms with van der Waals surface area (Å²) in [7, 11) is 0. The summed E-state index contributed by atoms with van der Waals surface area (Å²) in [5.74, 6) is -0.634. The topological polar surface area (TPSA) is 152 Å². The van der Waals surface area contributed by atoms with E-state index in [0.717, 1.165) is 44.5 Å².